The van der Waals surface area contributed by atoms with Crippen molar-refractivity contribution in [2.24, 2.45) is 5.92 Å². The van der Waals surface area contributed by atoms with Crippen LogP contribution in [0.1, 0.15) is 67.2 Å². The first-order chi connectivity index (χ1) is 15.5. The van der Waals surface area contributed by atoms with Gasteiger partial charge in [-0.2, -0.15) is 0 Å². The Morgan fingerprint density at radius 2 is 1.97 bits per heavy atom. The van der Waals surface area contributed by atoms with Crippen LogP contribution in [0.15, 0.2) is 34.3 Å². The third-order valence-electron chi connectivity index (χ3n) is 6.14. The van der Waals surface area contributed by atoms with Gasteiger partial charge in [-0.15, -0.1) is 10.2 Å². The van der Waals surface area contributed by atoms with Crippen molar-refractivity contribution in [2.45, 2.75) is 67.5 Å². The zero-order valence-corrected chi connectivity index (χ0v) is 20.1. The number of aromatic nitrogens is 3. The van der Waals surface area contributed by atoms with Gasteiger partial charge >= 0.3 is 0 Å². The summed E-state index contributed by atoms with van der Waals surface area (Å²) in [5, 5.41) is 12.6. The van der Waals surface area contributed by atoms with E-state index in [-0.39, 0.29) is 10.8 Å². The molecule has 2 saturated carbocycles. The average Bonchev–Trinajstić information content (AvgIpc) is 3.30. The van der Waals surface area contributed by atoms with Crippen molar-refractivity contribution in [1.29, 1.82) is 0 Å². The quantitative estimate of drug-likeness (QED) is 0.380. The van der Waals surface area contributed by atoms with Gasteiger partial charge in [-0.05, 0) is 62.5 Å². The SMILES string of the molecule is CSc1nnc(CCCNC(=O)c2cccc(S(=O)(=O)NCC3CC3)c2)n1C1CCCC1. The van der Waals surface area contributed by atoms with Crippen molar-refractivity contribution in [3.8, 4) is 0 Å². The average molecular weight is 478 g/mol. The summed E-state index contributed by atoms with van der Waals surface area (Å²) in [4.78, 5) is 12.7. The first kappa shape index (κ1) is 23.3. The minimum Gasteiger partial charge on any atom is -0.352 e. The zero-order valence-electron chi connectivity index (χ0n) is 18.4. The Balaban J connectivity index is 1.30. The summed E-state index contributed by atoms with van der Waals surface area (Å²) in [6.45, 7) is 0.949. The number of amides is 1. The number of aryl methyl sites for hydroxylation is 1. The second kappa shape index (κ2) is 10.4. The van der Waals surface area contributed by atoms with Gasteiger partial charge in [0.05, 0.1) is 4.90 Å². The van der Waals surface area contributed by atoms with Crippen molar-refractivity contribution < 1.29 is 13.2 Å². The number of sulfonamides is 1. The first-order valence-electron chi connectivity index (χ1n) is 11.3. The lowest BCUT2D eigenvalue weighted by molar-refractivity contribution is 0.0953. The van der Waals surface area contributed by atoms with Gasteiger partial charge in [-0.1, -0.05) is 30.7 Å². The number of nitrogens with one attached hydrogen (secondary N) is 2. The minimum atomic E-state index is -3.60. The van der Waals surface area contributed by atoms with Crippen LogP contribution in [0.2, 0.25) is 0 Å². The van der Waals surface area contributed by atoms with Crippen molar-refractivity contribution in [3.63, 3.8) is 0 Å². The van der Waals surface area contributed by atoms with Gasteiger partial charge in [0.15, 0.2) is 5.16 Å². The van der Waals surface area contributed by atoms with Crippen LogP contribution in [0.5, 0.6) is 0 Å². The number of rotatable bonds is 11. The topological polar surface area (TPSA) is 106 Å². The fourth-order valence-corrected chi connectivity index (χ4v) is 5.87. The van der Waals surface area contributed by atoms with Crippen molar-refractivity contribution in [1.82, 2.24) is 24.8 Å². The molecule has 2 fully saturated rings. The van der Waals surface area contributed by atoms with E-state index < -0.39 is 10.0 Å². The maximum Gasteiger partial charge on any atom is 0.251 e. The molecule has 0 radical (unpaired) electrons. The Morgan fingerprint density at radius 1 is 1.19 bits per heavy atom. The Morgan fingerprint density at radius 3 is 2.69 bits per heavy atom. The van der Waals surface area contributed by atoms with Crippen LogP contribution in [0.25, 0.3) is 0 Å². The van der Waals surface area contributed by atoms with E-state index >= 15 is 0 Å². The number of nitrogens with zero attached hydrogens (tertiary/aromatic N) is 3. The maximum absolute atomic E-state index is 12.6. The van der Waals surface area contributed by atoms with Gasteiger partial charge in [0.2, 0.25) is 10.0 Å². The molecule has 10 heteroatoms. The fourth-order valence-electron chi connectivity index (χ4n) is 4.13. The number of carbonyl (C=O) groups excluding carboxylic acids is 1. The van der Waals surface area contributed by atoms with Gasteiger partial charge in [0.1, 0.15) is 5.82 Å². The van der Waals surface area contributed by atoms with Gasteiger partial charge < -0.3 is 9.88 Å². The molecule has 2 N–H and O–H groups in total. The number of carbonyl (C=O) groups is 1. The molecule has 32 heavy (non-hydrogen) atoms. The maximum atomic E-state index is 12.6. The van der Waals surface area contributed by atoms with E-state index in [2.05, 4.69) is 24.8 Å². The van der Waals surface area contributed by atoms with E-state index in [1.807, 2.05) is 6.26 Å². The molecule has 0 aliphatic heterocycles. The van der Waals surface area contributed by atoms with Crippen molar-refractivity contribution in [3.05, 3.63) is 35.7 Å². The smallest absolute Gasteiger partial charge is 0.251 e. The number of benzene rings is 1. The molecule has 4 rings (SSSR count). The van der Waals surface area contributed by atoms with Gasteiger partial charge in [-0.3, -0.25) is 4.79 Å². The molecule has 2 aliphatic carbocycles. The van der Waals surface area contributed by atoms with Crippen molar-refractivity contribution >= 4 is 27.7 Å². The predicted octanol–water partition coefficient (Wildman–Crippen LogP) is 3.17. The molecular weight excluding hydrogens is 446 g/mol. The third kappa shape index (κ3) is 5.71. The molecule has 0 unspecified atom stereocenters. The van der Waals surface area contributed by atoms with Crippen LogP contribution >= 0.6 is 11.8 Å². The highest BCUT2D eigenvalue weighted by Gasteiger charge is 2.25. The van der Waals surface area contributed by atoms with E-state index in [4.69, 9.17) is 0 Å². The van der Waals surface area contributed by atoms with E-state index in [9.17, 15) is 13.2 Å². The molecule has 174 valence electrons. The molecule has 0 bridgehead atoms. The molecule has 2 aromatic rings. The Labute approximate surface area is 194 Å². The monoisotopic (exact) mass is 477 g/mol. The molecule has 1 aromatic carbocycles. The normalized spacial score (nSPS) is 17.0. The molecular formula is C22H31N5O3S2. The van der Waals surface area contributed by atoms with Crippen LogP contribution < -0.4 is 10.0 Å². The van der Waals surface area contributed by atoms with E-state index in [0.29, 0.717) is 30.6 Å². The highest BCUT2D eigenvalue weighted by molar-refractivity contribution is 7.98. The number of thioether (sulfide) groups is 1. The van der Waals surface area contributed by atoms with Crippen molar-refractivity contribution in [2.75, 3.05) is 19.3 Å². The number of hydrogen-bond acceptors (Lipinski definition) is 6. The Hall–Kier alpha value is -1.91. The molecule has 1 amide bonds. The summed E-state index contributed by atoms with van der Waals surface area (Å²) < 4.78 is 29.8. The van der Waals surface area contributed by atoms with Gasteiger partial charge in [-0.25, -0.2) is 13.1 Å². The summed E-state index contributed by atoms with van der Waals surface area (Å²) >= 11 is 1.62. The molecule has 1 heterocycles. The second-order valence-electron chi connectivity index (χ2n) is 8.59. The zero-order chi connectivity index (χ0) is 22.6. The lowest BCUT2D eigenvalue weighted by Gasteiger charge is -2.16. The van der Waals surface area contributed by atoms with Crippen LogP contribution in [-0.2, 0) is 16.4 Å². The molecule has 0 saturated heterocycles. The standard InChI is InChI=1S/C22H31N5O3S2/c1-31-22-26-25-20(27(22)18-7-2-3-8-18)10-5-13-23-21(28)17-6-4-9-19(14-17)32(29,30)24-15-16-11-12-16/h4,6,9,14,16,18,24H,2-3,5,7-8,10-13,15H2,1H3,(H,23,28). The van der Waals surface area contributed by atoms with E-state index in [1.165, 1.54) is 37.8 Å². The van der Waals surface area contributed by atoms with Gasteiger partial charge in [0, 0.05) is 31.1 Å². The summed E-state index contributed by atoms with van der Waals surface area (Å²) in [5.41, 5.74) is 0.345. The summed E-state index contributed by atoms with van der Waals surface area (Å²) in [6, 6.07) is 6.68. The van der Waals surface area contributed by atoms with Crippen LogP contribution in [0.3, 0.4) is 0 Å². The van der Waals surface area contributed by atoms with Gasteiger partial charge in [0.25, 0.3) is 5.91 Å². The third-order valence-corrected chi connectivity index (χ3v) is 8.20. The Kier molecular flexibility index (Phi) is 7.52. The molecule has 8 nitrogen and oxygen atoms in total. The Bertz CT molecular complexity index is 1040. The predicted molar refractivity (Wildman–Crippen MR) is 124 cm³/mol. The lowest BCUT2D eigenvalue weighted by atomic mass is 10.2. The summed E-state index contributed by atoms with van der Waals surface area (Å²) in [6.07, 6.45) is 10.5. The summed E-state index contributed by atoms with van der Waals surface area (Å²) in [5.74, 6) is 1.15. The first-order valence-corrected chi connectivity index (χ1v) is 14.0. The number of hydrogen-bond donors (Lipinski definition) is 2. The minimum absolute atomic E-state index is 0.125. The largest absolute Gasteiger partial charge is 0.352 e. The van der Waals surface area contributed by atoms with Crippen LogP contribution in [-0.4, -0.2) is 48.4 Å². The molecule has 2 aliphatic rings. The van der Waals surface area contributed by atoms with E-state index in [1.54, 1.807) is 23.9 Å². The van der Waals surface area contributed by atoms with Crippen LogP contribution in [0, 0.1) is 5.92 Å². The summed E-state index contributed by atoms with van der Waals surface area (Å²) in [7, 11) is -3.60. The fraction of sp³-hybridized carbons (Fsp3) is 0.591. The highest BCUT2D eigenvalue weighted by Crippen LogP contribution is 2.33. The highest BCUT2D eigenvalue weighted by atomic mass is 32.2. The van der Waals surface area contributed by atoms with E-state index in [0.717, 1.165) is 36.7 Å². The lowest BCUT2D eigenvalue weighted by Crippen LogP contribution is -2.27. The second-order valence-corrected chi connectivity index (χ2v) is 11.1. The molecule has 1 aromatic heterocycles. The molecule has 0 atom stereocenters. The van der Waals surface area contributed by atoms with Crippen LogP contribution in [0.4, 0.5) is 0 Å². The molecule has 0 spiro atoms.